The minimum absolute atomic E-state index is 0. The Balaban J connectivity index is 0.000000305. The van der Waals surface area contributed by atoms with E-state index >= 15 is 0 Å². The molecule has 5 nitrogen and oxygen atoms in total. The third kappa shape index (κ3) is 10.6. The molecule has 3 saturated carbocycles. The second-order valence-electron chi connectivity index (χ2n) is 9.18. The maximum absolute atomic E-state index is 5.86. The minimum Gasteiger partial charge on any atom is -0.382 e. The minimum atomic E-state index is -0.464. The van der Waals surface area contributed by atoms with Crippen molar-refractivity contribution in [3.8, 4) is 0 Å². The van der Waals surface area contributed by atoms with Gasteiger partial charge in [-0.3, -0.25) is 5.22 Å². The predicted molar refractivity (Wildman–Crippen MR) is 132 cm³/mol. The van der Waals surface area contributed by atoms with Crippen molar-refractivity contribution in [1.29, 1.82) is 0 Å². The summed E-state index contributed by atoms with van der Waals surface area (Å²) in [6.45, 7) is 10.4. The molecule has 34 heavy (non-hydrogen) atoms. The maximum atomic E-state index is 5.86. The van der Waals surface area contributed by atoms with Gasteiger partial charge < -0.3 is 26.9 Å². The molecule has 1 aromatic carbocycles. The van der Waals surface area contributed by atoms with Gasteiger partial charge in [-0.2, -0.15) is 5.92 Å². The van der Waals surface area contributed by atoms with Gasteiger partial charge in [0.2, 0.25) is 0 Å². The molecule has 4 fully saturated rings. The van der Waals surface area contributed by atoms with E-state index in [1.54, 1.807) is 0 Å². The van der Waals surface area contributed by atoms with E-state index in [0.717, 1.165) is 31.7 Å². The van der Waals surface area contributed by atoms with Crippen LogP contribution >= 0.6 is 0 Å². The molecule has 2 atom stereocenters. The molecule has 0 bridgehead atoms. The van der Waals surface area contributed by atoms with Gasteiger partial charge in [0.05, 0.1) is 13.2 Å². The topological polar surface area (TPSA) is 57.3 Å². The van der Waals surface area contributed by atoms with Crippen LogP contribution in [-0.2, 0) is 35.7 Å². The Hall–Kier alpha value is -0.577. The van der Waals surface area contributed by atoms with E-state index in [1.165, 1.54) is 0 Å². The van der Waals surface area contributed by atoms with Crippen molar-refractivity contribution < 1.29 is 35.7 Å². The molecule has 10 radical (unpaired) electrons. The van der Waals surface area contributed by atoms with E-state index < -0.39 is 5.79 Å². The fraction of sp³-hybridized carbons (Fsp3) is 0.393. The summed E-state index contributed by atoms with van der Waals surface area (Å²) in [5, 5.41) is 8.20. The Kier molecular flexibility index (Phi) is 13.5. The van der Waals surface area contributed by atoms with Crippen molar-refractivity contribution in [1.82, 2.24) is 0 Å². The zero-order valence-corrected chi connectivity index (χ0v) is 22.7. The Morgan fingerprint density at radius 2 is 1.35 bits per heavy atom. The second kappa shape index (κ2) is 15.5. The smallest absolute Gasteiger partial charge is 0.382 e. The summed E-state index contributed by atoms with van der Waals surface area (Å²) < 4.78 is 11.7. The van der Waals surface area contributed by atoms with Crippen LogP contribution in [0, 0.1) is 88.4 Å². The van der Waals surface area contributed by atoms with Gasteiger partial charge in [0.1, 0.15) is 0 Å². The molecule has 1 aliphatic heterocycles. The van der Waals surface area contributed by atoms with Crippen LogP contribution in [0.1, 0.15) is 26.7 Å². The van der Waals surface area contributed by atoms with Crippen LogP contribution in [0.15, 0.2) is 40.7 Å². The molecule has 1 heterocycles. The quantitative estimate of drug-likeness (QED) is 0.243. The van der Waals surface area contributed by atoms with E-state index in [0.29, 0.717) is 18.4 Å². The van der Waals surface area contributed by atoms with Crippen LogP contribution in [0.4, 0.5) is 5.69 Å². The van der Waals surface area contributed by atoms with E-state index in [-0.39, 0.29) is 31.6 Å². The normalized spacial score (nSPS) is 26.8. The van der Waals surface area contributed by atoms with Gasteiger partial charge in [0.15, 0.2) is 5.79 Å². The zero-order valence-electron chi connectivity index (χ0n) is 20.2. The fourth-order valence-electron chi connectivity index (χ4n) is 4.08. The standard InChI is InChI=1S/C18H25N3O2.2C5H5.Zr/c1-14-9-18(12-22-17(2,3)23-13-18)10-15(14)11-19-21-20-16-7-5-4-6-8-16;2*1-2-4-5-3-1;/h4-8,14-15H,1,9-13H2,2-3H3;2*1-5H;/q-2;;;+4/t14-,15+;;;/m1.../s1. The molecular formula is C28H35N3O2Zr+2. The summed E-state index contributed by atoms with van der Waals surface area (Å²) in [5.41, 5.74) is 5.02. The van der Waals surface area contributed by atoms with Gasteiger partial charge in [0.25, 0.3) is 0 Å². The molecule has 0 amide bonds. The average Bonchev–Trinajstić information content (AvgIpc) is 3.61. The van der Waals surface area contributed by atoms with Crippen LogP contribution in [0.5, 0.6) is 0 Å². The molecule has 0 unspecified atom stereocenters. The van der Waals surface area contributed by atoms with Crippen molar-refractivity contribution in [2.75, 3.05) is 19.8 Å². The Morgan fingerprint density at radius 1 is 0.853 bits per heavy atom. The maximum Gasteiger partial charge on any atom is 4.00 e. The molecule has 5 rings (SSSR count). The summed E-state index contributed by atoms with van der Waals surface area (Å²) in [4.78, 5) is 0. The Labute approximate surface area is 227 Å². The van der Waals surface area contributed by atoms with Crippen LogP contribution < -0.4 is 0 Å². The summed E-state index contributed by atoms with van der Waals surface area (Å²) >= 11 is 0. The van der Waals surface area contributed by atoms with E-state index in [4.69, 9.17) is 9.47 Å². The van der Waals surface area contributed by atoms with E-state index in [9.17, 15) is 0 Å². The van der Waals surface area contributed by atoms with Crippen molar-refractivity contribution in [2.24, 2.45) is 27.6 Å². The van der Waals surface area contributed by atoms with Crippen LogP contribution in [0.2, 0.25) is 0 Å². The largest absolute Gasteiger partial charge is 4.00 e. The summed E-state index contributed by atoms with van der Waals surface area (Å²) in [6, 6.07) is 9.65. The van der Waals surface area contributed by atoms with Crippen LogP contribution in [-0.4, -0.2) is 25.5 Å². The number of hydrogen-bond acceptors (Lipinski definition) is 4. The van der Waals surface area contributed by atoms with Crippen molar-refractivity contribution in [3.05, 3.63) is 107 Å². The molecule has 4 aliphatic rings. The fourth-order valence-corrected chi connectivity index (χ4v) is 4.08. The Bertz CT molecular complexity index is 655. The molecular weight excluding hydrogens is 502 g/mol. The molecule has 1 aromatic rings. The van der Waals surface area contributed by atoms with Gasteiger partial charge in [0, 0.05) is 5.41 Å². The predicted octanol–water partition coefficient (Wildman–Crippen LogP) is 6.73. The number of hydrogen-bond donors (Lipinski definition) is 0. The number of ether oxygens (including phenoxy) is 2. The van der Waals surface area contributed by atoms with E-state index in [2.05, 4.69) is 22.7 Å². The third-order valence-electron chi connectivity index (χ3n) is 5.92. The number of nitrogens with zero attached hydrogens (tertiary/aromatic N) is 3. The molecule has 1 saturated heterocycles. The second-order valence-corrected chi connectivity index (χ2v) is 9.18. The summed E-state index contributed by atoms with van der Waals surface area (Å²) in [5.74, 6) is 0.311. The first kappa shape index (κ1) is 29.7. The van der Waals surface area contributed by atoms with Gasteiger partial charge in [-0.05, 0) is 96.7 Å². The first-order chi connectivity index (χ1) is 16.0. The summed E-state index contributed by atoms with van der Waals surface area (Å²) in [7, 11) is 0. The van der Waals surface area contributed by atoms with Crippen LogP contribution in [0.25, 0.3) is 5.43 Å². The van der Waals surface area contributed by atoms with E-state index in [1.807, 2.05) is 108 Å². The van der Waals surface area contributed by atoms with Gasteiger partial charge in [-0.15, -0.1) is 0 Å². The molecule has 0 aromatic heterocycles. The molecule has 1 spiro atoms. The molecule has 0 N–H and O–H groups in total. The summed E-state index contributed by atoms with van der Waals surface area (Å²) in [6.07, 6.45) is 22.1. The first-order valence-electron chi connectivity index (χ1n) is 11.5. The van der Waals surface area contributed by atoms with Crippen molar-refractivity contribution in [3.63, 3.8) is 0 Å². The van der Waals surface area contributed by atoms with Gasteiger partial charge in [-0.25, -0.2) is 0 Å². The molecule has 6 heteroatoms. The first-order valence-corrected chi connectivity index (χ1v) is 11.5. The molecule has 176 valence electrons. The monoisotopic (exact) mass is 535 g/mol. The molecule has 3 aliphatic carbocycles. The average molecular weight is 537 g/mol. The Morgan fingerprint density at radius 3 is 1.85 bits per heavy atom. The van der Waals surface area contributed by atoms with Crippen LogP contribution in [0.3, 0.4) is 0 Å². The van der Waals surface area contributed by atoms with Gasteiger partial charge >= 0.3 is 26.2 Å². The number of rotatable bonds is 4. The number of benzene rings is 1. The zero-order chi connectivity index (χ0) is 23.4. The van der Waals surface area contributed by atoms with Crippen molar-refractivity contribution in [2.45, 2.75) is 32.5 Å². The van der Waals surface area contributed by atoms with Crippen molar-refractivity contribution >= 4 is 5.69 Å². The SMILES string of the molecule is [CH2-][C@@H]1CC2(COC(C)(C)OC2)C[C@H]1CN=N[N-]c1ccccc1.[CH]1[CH][CH][CH][CH]1.[CH]1[CH][CH][CH][CH]1.[Zr+4]. The van der Waals surface area contributed by atoms with Gasteiger partial charge in [-0.1, -0.05) is 42.7 Å². The third-order valence-corrected chi connectivity index (χ3v) is 5.92.